The number of nitrogens with one attached hydrogen (secondary N) is 1. The number of likely N-dealkylation sites (tertiary alicyclic amines) is 1. The Morgan fingerprint density at radius 2 is 2.38 bits per heavy atom. The van der Waals surface area contributed by atoms with Gasteiger partial charge >= 0.3 is 0 Å². The second kappa shape index (κ2) is 7.26. The average Bonchev–Trinajstić information content (AvgIpc) is 3.01. The number of carbonyl (C=O) groups is 2. The highest BCUT2D eigenvalue weighted by Crippen LogP contribution is 2.19. The zero-order chi connectivity index (χ0) is 15.2. The van der Waals surface area contributed by atoms with Crippen LogP contribution in [0.15, 0.2) is 22.8 Å². The second-order valence-electron chi connectivity index (χ2n) is 5.43. The van der Waals surface area contributed by atoms with E-state index >= 15 is 0 Å². The van der Waals surface area contributed by atoms with Gasteiger partial charge in [-0.2, -0.15) is 0 Å². The summed E-state index contributed by atoms with van der Waals surface area (Å²) in [5, 5.41) is 2.92. The van der Waals surface area contributed by atoms with Gasteiger partial charge in [-0.25, -0.2) is 0 Å². The van der Waals surface area contributed by atoms with Gasteiger partial charge in [-0.3, -0.25) is 9.59 Å². The molecule has 116 valence electrons. The summed E-state index contributed by atoms with van der Waals surface area (Å²) in [4.78, 5) is 26.1. The average molecular weight is 294 g/mol. The van der Waals surface area contributed by atoms with Crippen molar-refractivity contribution < 1.29 is 18.7 Å². The quantitative estimate of drug-likeness (QED) is 0.888. The number of nitrogens with zero attached hydrogens (tertiary/aromatic N) is 1. The van der Waals surface area contributed by atoms with E-state index in [2.05, 4.69) is 5.32 Å². The lowest BCUT2D eigenvalue weighted by Gasteiger charge is -2.32. The van der Waals surface area contributed by atoms with E-state index in [4.69, 9.17) is 9.15 Å². The summed E-state index contributed by atoms with van der Waals surface area (Å²) in [6.45, 7) is 3.48. The lowest BCUT2D eigenvalue weighted by Crippen LogP contribution is -2.47. The van der Waals surface area contributed by atoms with E-state index in [0.717, 1.165) is 12.8 Å². The molecule has 1 aromatic heterocycles. The molecule has 0 bridgehead atoms. The molecule has 21 heavy (non-hydrogen) atoms. The zero-order valence-electron chi connectivity index (χ0n) is 12.5. The first-order chi connectivity index (χ1) is 10.1. The van der Waals surface area contributed by atoms with Crippen molar-refractivity contribution in [2.24, 2.45) is 5.92 Å². The molecule has 6 nitrogen and oxygen atoms in total. The fourth-order valence-electron chi connectivity index (χ4n) is 2.58. The molecule has 1 aliphatic heterocycles. The number of methoxy groups -OCH3 is 1. The minimum atomic E-state index is -0.169. The lowest BCUT2D eigenvalue weighted by atomic mass is 9.96. The number of carbonyl (C=O) groups excluding carboxylic acids is 2. The van der Waals surface area contributed by atoms with Gasteiger partial charge in [0, 0.05) is 26.2 Å². The van der Waals surface area contributed by atoms with Crippen LogP contribution in [0.3, 0.4) is 0 Å². The molecule has 0 unspecified atom stereocenters. The van der Waals surface area contributed by atoms with Crippen molar-refractivity contribution in [3.8, 4) is 0 Å². The van der Waals surface area contributed by atoms with Crippen molar-refractivity contribution >= 4 is 11.8 Å². The molecule has 1 saturated heterocycles. The van der Waals surface area contributed by atoms with Crippen molar-refractivity contribution in [2.45, 2.75) is 25.8 Å². The zero-order valence-corrected chi connectivity index (χ0v) is 12.5. The number of rotatable bonds is 5. The maximum atomic E-state index is 12.2. The summed E-state index contributed by atoms with van der Waals surface area (Å²) in [6.07, 6.45) is 3.10. The predicted octanol–water partition coefficient (Wildman–Crippen LogP) is 1.28. The van der Waals surface area contributed by atoms with Crippen LogP contribution in [0.2, 0.25) is 0 Å². The molecule has 1 aliphatic rings. The molecule has 1 aromatic rings. The summed E-state index contributed by atoms with van der Waals surface area (Å²) >= 11 is 0. The van der Waals surface area contributed by atoms with Crippen LogP contribution in [0.25, 0.3) is 0 Å². The minimum absolute atomic E-state index is 0.0171. The highest BCUT2D eigenvalue weighted by Gasteiger charge is 2.30. The van der Waals surface area contributed by atoms with Crippen LogP contribution in [0.1, 0.15) is 30.3 Å². The molecule has 1 fully saturated rings. The van der Waals surface area contributed by atoms with Gasteiger partial charge in [-0.1, -0.05) is 0 Å². The molecule has 6 heteroatoms. The molecule has 0 radical (unpaired) electrons. The molecule has 0 aromatic carbocycles. The number of piperidine rings is 1. The van der Waals surface area contributed by atoms with E-state index in [0.29, 0.717) is 25.5 Å². The first kappa shape index (κ1) is 15.6. The van der Waals surface area contributed by atoms with Crippen LogP contribution in [0, 0.1) is 5.92 Å². The minimum Gasteiger partial charge on any atom is -0.459 e. The number of hydrogen-bond acceptors (Lipinski definition) is 4. The maximum absolute atomic E-state index is 12.2. The van der Waals surface area contributed by atoms with Gasteiger partial charge in [0.2, 0.25) is 5.91 Å². The van der Waals surface area contributed by atoms with E-state index < -0.39 is 0 Å². The van der Waals surface area contributed by atoms with E-state index in [1.807, 2.05) is 6.92 Å². The van der Waals surface area contributed by atoms with Gasteiger partial charge in [-0.05, 0) is 31.9 Å². The van der Waals surface area contributed by atoms with Gasteiger partial charge in [0.1, 0.15) is 0 Å². The Kier molecular flexibility index (Phi) is 5.38. The fraction of sp³-hybridized carbons (Fsp3) is 0.600. The van der Waals surface area contributed by atoms with Crippen LogP contribution in [-0.2, 0) is 9.53 Å². The van der Waals surface area contributed by atoms with Crippen molar-refractivity contribution in [2.75, 3.05) is 26.8 Å². The summed E-state index contributed by atoms with van der Waals surface area (Å²) in [5.74, 6) is -0.0142. The molecule has 1 N–H and O–H groups in total. The number of furan rings is 1. The van der Waals surface area contributed by atoms with Crippen LogP contribution in [0.5, 0.6) is 0 Å². The normalized spacial score (nSPS) is 20.1. The van der Waals surface area contributed by atoms with Crippen molar-refractivity contribution in [1.29, 1.82) is 0 Å². The van der Waals surface area contributed by atoms with Crippen molar-refractivity contribution in [3.63, 3.8) is 0 Å². The van der Waals surface area contributed by atoms with Gasteiger partial charge in [-0.15, -0.1) is 0 Å². The van der Waals surface area contributed by atoms with Gasteiger partial charge in [0.05, 0.1) is 18.8 Å². The van der Waals surface area contributed by atoms with Crippen LogP contribution < -0.4 is 5.32 Å². The molecule has 0 spiro atoms. The first-order valence-electron chi connectivity index (χ1n) is 7.24. The molecular weight excluding hydrogens is 272 g/mol. The summed E-state index contributed by atoms with van der Waals surface area (Å²) in [7, 11) is 1.60. The third-order valence-electron chi connectivity index (χ3n) is 3.62. The number of amides is 2. The largest absolute Gasteiger partial charge is 0.459 e. The highest BCUT2D eigenvalue weighted by atomic mass is 16.5. The van der Waals surface area contributed by atoms with E-state index in [1.54, 1.807) is 24.1 Å². The predicted molar refractivity (Wildman–Crippen MR) is 76.8 cm³/mol. The highest BCUT2D eigenvalue weighted by molar-refractivity contribution is 5.92. The molecule has 2 amide bonds. The van der Waals surface area contributed by atoms with Gasteiger partial charge < -0.3 is 19.4 Å². The topological polar surface area (TPSA) is 71.8 Å². The number of hydrogen-bond donors (Lipinski definition) is 1. The van der Waals surface area contributed by atoms with Crippen LogP contribution in [-0.4, -0.2) is 49.6 Å². The third-order valence-corrected chi connectivity index (χ3v) is 3.62. The SMILES string of the molecule is COC[C@H](C)NC(=O)[C@H]1CCCN(C(=O)c2ccco2)C1. The van der Waals surface area contributed by atoms with Gasteiger partial charge in [0.25, 0.3) is 5.91 Å². The van der Waals surface area contributed by atoms with Gasteiger partial charge in [0.15, 0.2) is 5.76 Å². The Morgan fingerprint density at radius 3 is 3.05 bits per heavy atom. The Morgan fingerprint density at radius 1 is 1.57 bits per heavy atom. The summed E-state index contributed by atoms with van der Waals surface area (Å²) < 4.78 is 10.1. The van der Waals surface area contributed by atoms with Crippen molar-refractivity contribution in [3.05, 3.63) is 24.2 Å². The maximum Gasteiger partial charge on any atom is 0.289 e. The van der Waals surface area contributed by atoms with E-state index in [-0.39, 0.29) is 23.8 Å². The Balaban J connectivity index is 1.91. The van der Waals surface area contributed by atoms with E-state index in [9.17, 15) is 9.59 Å². The molecular formula is C15H22N2O4. The molecule has 0 aliphatic carbocycles. The fourth-order valence-corrected chi connectivity index (χ4v) is 2.58. The van der Waals surface area contributed by atoms with E-state index in [1.165, 1.54) is 6.26 Å². The smallest absolute Gasteiger partial charge is 0.289 e. The summed E-state index contributed by atoms with van der Waals surface area (Å²) in [6, 6.07) is 3.30. The van der Waals surface area contributed by atoms with Crippen LogP contribution >= 0.6 is 0 Å². The monoisotopic (exact) mass is 294 g/mol. The molecule has 0 saturated carbocycles. The number of ether oxygens (including phenoxy) is 1. The molecule has 2 rings (SSSR count). The third kappa shape index (κ3) is 4.07. The first-order valence-corrected chi connectivity index (χ1v) is 7.24. The molecule has 2 heterocycles. The second-order valence-corrected chi connectivity index (χ2v) is 5.43. The van der Waals surface area contributed by atoms with Crippen molar-refractivity contribution in [1.82, 2.24) is 10.2 Å². The summed E-state index contributed by atoms with van der Waals surface area (Å²) in [5.41, 5.74) is 0. The Hall–Kier alpha value is -1.82. The Labute approximate surface area is 124 Å². The lowest BCUT2D eigenvalue weighted by molar-refractivity contribution is -0.127. The standard InChI is InChI=1S/C15H22N2O4/c1-11(10-20-2)16-14(18)12-5-3-7-17(9-12)15(19)13-6-4-8-21-13/h4,6,8,11-12H,3,5,7,9-10H2,1-2H3,(H,16,18)/t11-,12-/m0/s1. The van der Waals surface area contributed by atoms with Crippen LogP contribution in [0.4, 0.5) is 0 Å². The molecule has 2 atom stereocenters. The Bertz CT molecular complexity index is 472.